The summed E-state index contributed by atoms with van der Waals surface area (Å²) in [5.41, 5.74) is 10.2. The first-order valence-electron chi connectivity index (χ1n) is 6.68. The predicted octanol–water partition coefficient (Wildman–Crippen LogP) is 2.91. The average Bonchev–Trinajstić information content (AvgIpc) is 2.90. The Morgan fingerprint density at radius 2 is 1.95 bits per heavy atom. The highest BCUT2D eigenvalue weighted by Gasteiger charge is 2.22. The highest BCUT2D eigenvalue weighted by Crippen LogP contribution is 2.36. The van der Waals surface area contributed by atoms with Gasteiger partial charge in [-0.2, -0.15) is 0 Å². The van der Waals surface area contributed by atoms with Gasteiger partial charge in [0.25, 0.3) is 0 Å². The van der Waals surface area contributed by atoms with E-state index in [0.717, 1.165) is 35.4 Å². The second kappa shape index (κ2) is 4.20. The number of nitrogens with zero attached hydrogens (tertiary/aromatic N) is 3. The quantitative estimate of drug-likeness (QED) is 0.685. The van der Waals surface area contributed by atoms with Gasteiger partial charge in [-0.25, -0.2) is 9.97 Å². The molecule has 4 rings (SSSR count). The largest absolute Gasteiger partial charge is 0.399 e. The zero-order valence-corrected chi connectivity index (χ0v) is 11.0. The lowest BCUT2D eigenvalue weighted by molar-refractivity contribution is 0.975. The van der Waals surface area contributed by atoms with Crippen LogP contribution in [0.3, 0.4) is 0 Å². The van der Waals surface area contributed by atoms with Crippen molar-refractivity contribution in [2.75, 3.05) is 17.2 Å². The third-order valence-corrected chi connectivity index (χ3v) is 3.78. The maximum atomic E-state index is 5.91. The molecule has 4 nitrogen and oxygen atoms in total. The van der Waals surface area contributed by atoms with Crippen LogP contribution in [0.4, 0.5) is 17.2 Å². The van der Waals surface area contributed by atoms with Gasteiger partial charge in [0.1, 0.15) is 12.1 Å². The van der Waals surface area contributed by atoms with Crippen molar-refractivity contribution in [2.45, 2.75) is 6.42 Å². The number of para-hydroxylation sites is 1. The van der Waals surface area contributed by atoms with Gasteiger partial charge in [0.05, 0.1) is 5.52 Å². The van der Waals surface area contributed by atoms with E-state index < -0.39 is 0 Å². The van der Waals surface area contributed by atoms with E-state index in [9.17, 15) is 0 Å². The maximum absolute atomic E-state index is 5.91. The van der Waals surface area contributed by atoms with Crippen LogP contribution in [0.5, 0.6) is 0 Å². The Hall–Kier alpha value is -2.62. The number of aromatic nitrogens is 2. The summed E-state index contributed by atoms with van der Waals surface area (Å²) in [7, 11) is 0. The molecule has 0 amide bonds. The van der Waals surface area contributed by atoms with Crippen LogP contribution in [0.25, 0.3) is 10.9 Å². The Labute approximate surface area is 116 Å². The zero-order chi connectivity index (χ0) is 13.5. The number of rotatable bonds is 1. The van der Waals surface area contributed by atoms with Crippen LogP contribution >= 0.6 is 0 Å². The van der Waals surface area contributed by atoms with Gasteiger partial charge in [-0.3, -0.25) is 0 Å². The normalized spacial score (nSPS) is 13.7. The SMILES string of the molecule is Nc1ccc2ncnc(N3CCc4ccccc43)c2c1. The molecular formula is C16H14N4. The molecule has 0 aliphatic carbocycles. The highest BCUT2D eigenvalue weighted by molar-refractivity contribution is 5.94. The summed E-state index contributed by atoms with van der Waals surface area (Å²) in [5.74, 6) is 0.937. The Kier molecular flexibility index (Phi) is 2.36. The summed E-state index contributed by atoms with van der Waals surface area (Å²) in [5, 5.41) is 1.00. The number of hydrogen-bond donors (Lipinski definition) is 1. The lowest BCUT2D eigenvalue weighted by Crippen LogP contribution is -2.15. The summed E-state index contributed by atoms with van der Waals surface area (Å²) < 4.78 is 0. The molecule has 98 valence electrons. The van der Waals surface area contributed by atoms with Gasteiger partial charge in [0.2, 0.25) is 0 Å². The molecule has 0 saturated carbocycles. The van der Waals surface area contributed by atoms with Crippen molar-refractivity contribution in [1.29, 1.82) is 0 Å². The van der Waals surface area contributed by atoms with Gasteiger partial charge in [-0.15, -0.1) is 0 Å². The van der Waals surface area contributed by atoms with E-state index >= 15 is 0 Å². The summed E-state index contributed by atoms with van der Waals surface area (Å²) >= 11 is 0. The van der Waals surface area contributed by atoms with Crippen molar-refractivity contribution in [3.63, 3.8) is 0 Å². The van der Waals surface area contributed by atoms with Crippen molar-refractivity contribution in [3.05, 3.63) is 54.4 Å². The summed E-state index contributed by atoms with van der Waals surface area (Å²) in [4.78, 5) is 11.1. The number of nitrogen functional groups attached to an aromatic ring is 1. The first kappa shape index (κ1) is 11.2. The fourth-order valence-electron chi connectivity index (χ4n) is 2.83. The molecule has 0 unspecified atom stereocenters. The third-order valence-electron chi connectivity index (χ3n) is 3.78. The van der Waals surface area contributed by atoms with Crippen LogP contribution in [-0.2, 0) is 6.42 Å². The minimum Gasteiger partial charge on any atom is -0.399 e. The van der Waals surface area contributed by atoms with Crippen molar-refractivity contribution >= 4 is 28.1 Å². The molecule has 2 aromatic carbocycles. The standard InChI is InChI=1S/C16H14N4/c17-12-5-6-14-13(9-12)16(19-10-18-14)20-8-7-11-3-1-2-4-15(11)20/h1-6,9-10H,7-8,17H2. The molecule has 0 bridgehead atoms. The molecule has 0 atom stereocenters. The molecule has 2 heterocycles. The zero-order valence-electron chi connectivity index (χ0n) is 11.0. The molecule has 20 heavy (non-hydrogen) atoms. The topological polar surface area (TPSA) is 55.0 Å². The second-order valence-electron chi connectivity index (χ2n) is 5.00. The van der Waals surface area contributed by atoms with Crippen molar-refractivity contribution < 1.29 is 0 Å². The van der Waals surface area contributed by atoms with Crippen LogP contribution in [0, 0.1) is 0 Å². The van der Waals surface area contributed by atoms with Crippen molar-refractivity contribution in [2.24, 2.45) is 0 Å². The summed E-state index contributed by atoms with van der Waals surface area (Å²) in [6, 6.07) is 14.2. The van der Waals surface area contributed by atoms with Gasteiger partial charge in [0, 0.05) is 23.3 Å². The van der Waals surface area contributed by atoms with Crippen molar-refractivity contribution in [3.8, 4) is 0 Å². The first-order chi connectivity index (χ1) is 9.83. The van der Waals surface area contributed by atoms with Gasteiger partial charge in [-0.1, -0.05) is 18.2 Å². The fraction of sp³-hybridized carbons (Fsp3) is 0.125. The molecule has 1 aliphatic heterocycles. The van der Waals surface area contributed by atoms with Crippen molar-refractivity contribution in [1.82, 2.24) is 9.97 Å². The maximum Gasteiger partial charge on any atom is 0.144 e. The van der Waals surface area contributed by atoms with Gasteiger partial charge in [-0.05, 0) is 36.2 Å². The average molecular weight is 262 g/mol. The van der Waals surface area contributed by atoms with Gasteiger partial charge < -0.3 is 10.6 Å². The molecule has 2 N–H and O–H groups in total. The second-order valence-corrected chi connectivity index (χ2v) is 5.00. The van der Waals surface area contributed by atoms with E-state index in [1.807, 2.05) is 18.2 Å². The monoisotopic (exact) mass is 262 g/mol. The van der Waals surface area contributed by atoms with Crippen LogP contribution in [0.2, 0.25) is 0 Å². The summed E-state index contributed by atoms with van der Waals surface area (Å²) in [6.07, 6.45) is 2.67. The Morgan fingerprint density at radius 1 is 1.05 bits per heavy atom. The van der Waals surface area contributed by atoms with E-state index in [-0.39, 0.29) is 0 Å². The number of hydrogen-bond acceptors (Lipinski definition) is 4. The highest BCUT2D eigenvalue weighted by atomic mass is 15.2. The molecule has 0 radical (unpaired) electrons. The van der Waals surface area contributed by atoms with E-state index in [1.54, 1.807) is 6.33 Å². The smallest absolute Gasteiger partial charge is 0.144 e. The number of nitrogens with two attached hydrogens (primary N) is 1. The van der Waals surface area contributed by atoms with Crippen LogP contribution in [0.15, 0.2) is 48.8 Å². The van der Waals surface area contributed by atoms with Gasteiger partial charge in [0.15, 0.2) is 0 Å². The van der Waals surface area contributed by atoms with Gasteiger partial charge >= 0.3 is 0 Å². The van der Waals surface area contributed by atoms with Crippen LogP contribution in [0.1, 0.15) is 5.56 Å². The Balaban J connectivity index is 1.94. The number of benzene rings is 2. The number of fused-ring (bicyclic) bond motifs is 2. The minimum atomic E-state index is 0.737. The molecule has 0 saturated heterocycles. The van der Waals surface area contributed by atoms with E-state index in [2.05, 4.69) is 39.1 Å². The molecule has 1 aromatic heterocycles. The first-order valence-corrected chi connectivity index (χ1v) is 6.68. The molecule has 1 aliphatic rings. The third kappa shape index (κ3) is 1.61. The molecular weight excluding hydrogens is 248 g/mol. The molecule has 0 fully saturated rings. The predicted molar refractivity (Wildman–Crippen MR) is 81.1 cm³/mol. The molecule has 0 spiro atoms. The fourth-order valence-corrected chi connectivity index (χ4v) is 2.83. The van der Waals surface area contributed by atoms with E-state index in [1.165, 1.54) is 11.3 Å². The minimum absolute atomic E-state index is 0.737. The Bertz CT molecular complexity index is 797. The van der Waals surface area contributed by atoms with E-state index in [0.29, 0.717) is 0 Å². The number of anilines is 3. The van der Waals surface area contributed by atoms with Crippen LogP contribution < -0.4 is 10.6 Å². The van der Waals surface area contributed by atoms with Crippen LogP contribution in [-0.4, -0.2) is 16.5 Å². The lowest BCUT2D eigenvalue weighted by atomic mass is 10.1. The summed E-state index contributed by atoms with van der Waals surface area (Å²) in [6.45, 7) is 0.945. The Morgan fingerprint density at radius 3 is 2.90 bits per heavy atom. The molecule has 3 aromatic rings. The molecule has 4 heteroatoms. The lowest BCUT2D eigenvalue weighted by Gasteiger charge is -2.19. The van der Waals surface area contributed by atoms with E-state index in [4.69, 9.17) is 5.73 Å².